The fraction of sp³-hybridized carbons (Fsp3) is 0.375. The second-order valence-corrected chi connectivity index (χ2v) is 7.31. The normalized spacial score (nSPS) is 16.3. The quantitative estimate of drug-likeness (QED) is 0.787. The maximum atomic E-state index is 12.7. The molecule has 1 aliphatic rings. The molecule has 2 rings (SSSR count). The lowest BCUT2D eigenvalue weighted by molar-refractivity contribution is -0.140. The molecule has 124 valence electrons. The van der Waals surface area contributed by atoms with Crippen molar-refractivity contribution in [2.24, 2.45) is 5.92 Å². The van der Waals surface area contributed by atoms with Crippen LogP contribution in [0.4, 0.5) is 0 Å². The van der Waals surface area contributed by atoms with E-state index in [-0.39, 0.29) is 28.5 Å². The molecule has 1 aromatic carbocycles. The fourth-order valence-corrected chi connectivity index (χ4v) is 4.06. The Morgan fingerprint density at radius 2 is 1.83 bits per heavy atom. The van der Waals surface area contributed by atoms with Gasteiger partial charge >= 0.3 is 5.97 Å². The van der Waals surface area contributed by atoms with Crippen LogP contribution in [-0.4, -0.2) is 31.0 Å². The predicted octanol–water partition coefficient (Wildman–Crippen LogP) is 2.17. The highest BCUT2D eigenvalue weighted by atomic mass is 32.2. The van der Waals surface area contributed by atoms with Crippen LogP contribution in [0, 0.1) is 5.92 Å². The zero-order valence-electron chi connectivity index (χ0n) is 13.5. The molecule has 0 aliphatic carbocycles. The molecule has 23 heavy (non-hydrogen) atoms. The zero-order chi connectivity index (χ0) is 17.4. The molecule has 0 saturated carbocycles. The molecule has 1 heterocycles. The van der Waals surface area contributed by atoms with Gasteiger partial charge in [-0.05, 0) is 19.1 Å². The molecule has 0 bridgehead atoms. The van der Waals surface area contributed by atoms with Gasteiger partial charge in [-0.1, -0.05) is 26.0 Å². The Kier molecular flexibility index (Phi) is 4.61. The first-order valence-corrected chi connectivity index (χ1v) is 8.74. The van der Waals surface area contributed by atoms with Crippen molar-refractivity contribution in [2.75, 3.05) is 6.54 Å². The summed E-state index contributed by atoms with van der Waals surface area (Å²) in [5, 5.41) is 0. The van der Waals surface area contributed by atoms with E-state index in [4.69, 9.17) is 4.74 Å². The van der Waals surface area contributed by atoms with Crippen LogP contribution >= 0.6 is 0 Å². The van der Waals surface area contributed by atoms with E-state index in [0.29, 0.717) is 0 Å². The van der Waals surface area contributed by atoms with Crippen LogP contribution in [0.1, 0.15) is 33.3 Å². The summed E-state index contributed by atoms with van der Waals surface area (Å²) in [6, 6.07) is 6.20. The molecule has 0 amide bonds. The summed E-state index contributed by atoms with van der Waals surface area (Å²) in [5.41, 5.74) is 0.122. The van der Waals surface area contributed by atoms with Gasteiger partial charge in [0, 0.05) is 19.0 Å². The van der Waals surface area contributed by atoms with Crippen molar-refractivity contribution in [1.29, 1.82) is 0 Å². The maximum absolute atomic E-state index is 12.7. The lowest BCUT2D eigenvalue weighted by Gasteiger charge is -2.31. The smallest absolute Gasteiger partial charge is 0.313 e. The Balaban J connectivity index is 2.79. The summed E-state index contributed by atoms with van der Waals surface area (Å²) in [7, 11) is -3.85. The van der Waals surface area contributed by atoms with Gasteiger partial charge in [0.1, 0.15) is 5.70 Å². The van der Waals surface area contributed by atoms with Gasteiger partial charge in [0.2, 0.25) is 0 Å². The van der Waals surface area contributed by atoms with E-state index >= 15 is 0 Å². The Bertz CT molecular complexity index is 792. The first kappa shape index (κ1) is 17.2. The predicted molar refractivity (Wildman–Crippen MR) is 84.5 cm³/mol. The van der Waals surface area contributed by atoms with Crippen molar-refractivity contribution in [3.8, 4) is 0 Å². The van der Waals surface area contributed by atoms with Crippen molar-refractivity contribution >= 4 is 27.5 Å². The van der Waals surface area contributed by atoms with E-state index in [9.17, 15) is 18.0 Å². The molecule has 0 aromatic heterocycles. The number of sulfonamides is 1. The van der Waals surface area contributed by atoms with Gasteiger partial charge in [0.05, 0.1) is 10.8 Å². The van der Waals surface area contributed by atoms with Gasteiger partial charge in [-0.2, -0.15) is 0 Å². The summed E-state index contributed by atoms with van der Waals surface area (Å²) < 4.78 is 31.8. The van der Waals surface area contributed by atoms with E-state index < -0.39 is 27.7 Å². The average molecular weight is 337 g/mol. The van der Waals surface area contributed by atoms with Crippen molar-refractivity contribution in [2.45, 2.75) is 32.6 Å². The molecule has 6 nitrogen and oxygen atoms in total. The fourth-order valence-electron chi connectivity index (χ4n) is 2.34. The van der Waals surface area contributed by atoms with Crippen molar-refractivity contribution in [3.63, 3.8) is 0 Å². The summed E-state index contributed by atoms with van der Waals surface area (Å²) in [6.45, 7) is 6.27. The zero-order valence-corrected chi connectivity index (χ0v) is 14.3. The number of carbonyl (C=O) groups excluding carboxylic acids is 2. The number of ether oxygens (including phenoxy) is 1. The molecule has 1 aromatic rings. The molecule has 0 unspecified atom stereocenters. The minimum atomic E-state index is -3.85. The summed E-state index contributed by atoms with van der Waals surface area (Å²) in [5.74, 6) is -1.40. The van der Waals surface area contributed by atoms with Crippen molar-refractivity contribution < 1.29 is 22.7 Å². The van der Waals surface area contributed by atoms with Crippen LogP contribution in [-0.2, 0) is 24.3 Å². The average Bonchev–Trinajstić information content (AvgIpc) is 2.49. The molecule has 0 radical (unpaired) electrons. The molecular weight excluding hydrogens is 318 g/mol. The van der Waals surface area contributed by atoms with Crippen molar-refractivity contribution in [1.82, 2.24) is 4.31 Å². The molecular formula is C16H19NO5S. The van der Waals surface area contributed by atoms with Gasteiger partial charge < -0.3 is 4.74 Å². The number of likely N-dealkylation sites (N-methyl/N-ethyl adjacent to an activating group) is 1. The van der Waals surface area contributed by atoms with Crippen molar-refractivity contribution in [3.05, 3.63) is 35.5 Å². The summed E-state index contributed by atoms with van der Waals surface area (Å²) in [4.78, 5) is 24.1. The number of hydrogen-bond donors (Lipinski definition) is 0. The van der Waals surface area contributed by atoms with E-state index in [0.717, 1.165) is 4.31 Å². The maximum Gasteiger partial charge on any atom is 0.313 e. The number of ketones is 1. The number of benzene rings is 1. The number of allylic oxidation sites excluding steroid dienone is 1. The van der Waals surface area contributed by atoms with Crippen LogP contribution in [0.3, 0.4) is 0 Å². The van der Waals surface area contributed by atoms with Gasteiger partial charge in [-0.15, -0.1) is 0 Å². The third kappa shape index (κ3) is 2.88. The molecule has 1 aliphatic heterocycles. The highest BCUT2D eigenvalue weighted by Crippen LogP contribution is 2.37. The third-order valence-corrected chi connectivity index (χ3v) is 5.39. The first-order valence-electron chi connectivity index (χ1n) is 7.30. The van der Waals surface area contributed by atoms with Crippen LogP contribution < -0.4 is 0 Å². The lowest BCUT2D eigenvalue weighted by Crippen LogP contribution is -2.38. The molecule has 0 atom stereocenters. The Morgan fingerprint density at radius 1 is 1.22 bits per heavy atom. The molecule has 7 heteroatoms. The summed E-state index contributed by atoms with van der Waals surface area (Å²) >= 11 is 0. The van der Waals surface area contributed by atoms with Gasteiger partial charge in [0.25, 0.3) is 10.0 Å². The van der Waals surface area contributed by atoms with Crippen LogP contribution in [0.15, 0.2) is 34.9 Å². The SMILES string of the molecule is CCN1C(C(C)=O)=C(OC(=O)C(C)C)c2ccccc2S1(=O)=O. The first-order chi connectivity index (χ1) is 10.7. The molecule has 0 spiro atoms. The van der Waals surface area contributed by atoms with Crippen LogP contribution in [0.2, 0.25) is 0 Å². The number of carbonyl (C=O) groups is 2. The Labute approximate surface area is 135 Å². The molecule has 0 saturated heterocycles. The highest BCUT2D eigenvalue weighted by Gasteiger charge is 2.39. The summed E-state index contributed by atoms with van der Waals surface area (Å²) in [6.07, 6.45) is 0. The van der Waals surface area contributed by atoms with Crippen LogP contribution in [0.5, 0.6) is 0 Å². The van der Waals surface area contributed by atoms with E-state index in [2.05, 4.69) is 0 Å². The second kappa shape index (κ2) is 6.16. The number of fused-ring (bicyclic) bond motifs is 1. The van der Waals surface area contributed by atoms with E-state index in [1.54, 1.807) is 32.9 Å². The third-order valence-electron chi connectivity index (χ3n) is 3.46. The second-order valence-electron chi connectivity index (χ2n) is 5.48. The van der Waals surface area contributed by atoms with Crippen LogP contribution in [0.25, 0.3) is 5.76 Å². The monoisotopic (exact) mass is 337 g/mol. The number of nitrogens with zero attached hydrogens (tertiary/aromatic N) is 1. The Morgan fingerprint density at radius 3 is 2.35 bits per heavy atom. The minimum Gasteiger partial charge on any atom is -0.423 e. The van der Waals surface area contributed by atoms with E-state index in [1.165, 1.54) is 19.1 Å². The number of Topliss-reactive ketones (excluding diaryl/α,β-unsaturated/α-hetero) is 1. The van der Waals surface area contributed by atoms with E-state index in [1.807, 2.05) is 0 Å². The topological polar surface area (TPSA) is 80.8 Å². The number of rotatable bonds is 4. The lowest BCUT2D eigenvalue weighted by atomic mass is 10.1. The molecule has 0 N–H and O–H groups in total. The van der Waals surface area contributed by atoms with Gasteiger partial charge in [-0.3, -0.25) is 13.9 Å². The minimum absolute atomic E-state index is 0.00322. The van der Waals surface area contributed by atoms with Gasteiger partial charge in [0.15, 0.2) is 11.5 Å². The largest absolute Gasteiger partial charge is 0.423 e. The number of hydrogen-bond acceptors (Lipinski definition) is 5. The van der Waals surface area contributed by atoms with Gasteiger partial charge in [-0.25, -0.2) is 8.42 Å². The molecule has 0 fully saturated rings. The standard InChI is InChI=1S/C16H19NO5S/c1-5-17-14(11(4)18)15(22-16(19)10(2)3)12-8-6-7-9-13(12)23(17,20)21/h6-10H,5H2,1-4H3. The highest BCUT2D eigenvalue weighted by molar-refractivity contribution is 7.89. The Hall–Kier alpha value is -2.15. The number of esters is 1.